The monoisotopic (exact) mass is 325 g/mol. The Labute approximate surface area is 158 Å². The summed E-state index contributed by atoms with van der Waals surface area (Å²) in [6.07, 6.45) is 8.14. The van der Waals surface area contributed by atoms with Gasteiger partial charge in [0, 0.05) is 11.9 Å². The molecule has 0 saturated heterocycles. The summed E-state index contributed by atoms with van der Waals surface area (Å²) in [7, 11) is 6.81. The first kappa shape index (κ1) is 26.8. The van der Waals surface area contributed by atoms with Crippen molar-refractivity contribution in [2.45, 2.75) is 64.7 Å². The van der Waals surface area contributed by atoms with Gasteiger partial charge in [0.25, 0.3) is 0 Å². The standard InChI is InChI=1S/C11H26N.C5H8O4.Na/c1-5-6-7-8-9-10-11-12(2,3)4;6-4(7)2-1-3-5(8)9;/h5-11H2,1-4H3;1-3H2,(H,6,7)(H,8,9);/q+1;;+1/p-2. The number of carboxylic acids is 2. The van der Waals surface area contributed by atoms with Gasteiger partial charge in [-0.25, -0.2) is 0 Å². The molecule has 0 aromatic carbocycles. The summed E-state index contributed by atoms with van der Waals surface area (Å²) in [4.78, 5) is 19.3. The molecular formula is C16H32NNaO4. The second kappa shape index (κ2) is 17.3. The van der Waals surface area contributed by atoms with E-state index >= 15 is 0 Å². The van der Waals surface area contributed by atoms with E-state index in [0.29, 0.717) is 0 Å². The molecule has 0 heterocycles. The first-order valence-corrected chi connectivity index (χ1v) is 7.89. The fraction of sp³-hybridized carbons (Fsp3) is 0.875. The fourth-order valence-electron chi connectivity index (χ4n) is 1.74. The SMILES string of the molecule is CCCCCCCC[N+](C)(C)C.O=C([O-])CCCC(=O)[O-].[Na+]. The number of hydrogen-bond acceptors (Lipinski definition) is 4. The van der Waals surface area contributed by atoms with Crippen LogP contribution in [0, 0.1) is 0 Å². The van der Waals surface area contributed by atoms with Crippen LogP contribution in [-0.4, -0.2) is 44.1 Å². The Balaban J connectivity index is -0.000000326. The van der Waals surface area contributed by atoms with Gasteiger partial charge in [0.05, 0.1) is 27.7 Å². The minimum atomic E-state index is -1.23. The molecule has 0 aliphatic rings. The zero-order valence-electron chi connectivity index (χ0n) is 15.2. The fourth-order valence-corrected chi connectivity index (χ4v) is 1.74. The Morgan fingerprint density at radius 3 is 1.55 bits per heavy atom. The third kappa shape index (κ3) is 32.0. The zero-order chi connectivity index (χ0) is 16.7. The third-order valence-electron chi connectivity index (χ3n) is 2.94. The topological polar surface area (TPSA) is 80.3 Å². The second-order valence-electron chi connectivity index (χ2n) is 6.38. The van der Waals surface area contributed by atoms with Gasteiger partial charge in [-0.2, -0.15) is 0 Å². The predicted molar refractivity (Wildman–Crippen MR) is 80.1 cm³/mol. The minimum Gasteiger partial charge on any atom is -0.550 e. The number of carboxylic acid groups (broad SMARTS) is 2. The van der Waals surface area contributed by atoms with Gasteiger partial charge in [0.2, 0.25) is 0 Å². The van der Waals surface area contributed by atoms with Crippen molar-refractivity contribution >= 4 is 11.9 Å². The average Bonchev–Trinajstić information content (AvgIpc) is 2.32. The molecule has 5 nitrogen and oxygen atoms in total. The van der Waals surface area contributed by atoms with Crippen LogP contribution in [0.25, 0.3) is 0 Å². The molecule has 0 radical (unpaired) electrons. The molecule has 0 spiro atoms. The van der Waals surface area contributed by atoms with E-state index in [1.54, 1.807) is 0 Å². The second-order valence-corrected chi connectivity index (χ2v) is 6.38. The van der Waals surface area contributed by atoms with Crippen molar-refractivity contribution < 1.29 is 53.8 Å². The molecule has 0 unspecified atom stereocenters. The van der Waals surface area contributed by atoms with E-state index in [1.165, 1.54) is 45.1 Å². The summed E-state index contributed by atoms with van der Waals surface area (Å²) in [5.41, 5.74) is 0. The van der Waals surface area contributed by atoms with Crippen molar-refractivity contribution in [3.05, 3.63) is 0 Å². The number of carbonyl (C=O) groups excluding carboxylic acids is 2. The van der Waals surface area contributed by atoms with Gasteiger partial charge in [-0.05, 0) is 32.1 Å². The quantitative estimate of drug-likeness (QED) is 0.243. The van der Waals surface area contributed by atoms with E-state index in [-0.39, 0.29) is 48.8 Å². The van der Waals surface area contributed by atoms with Gasteiger partial charge in [0.15, 0.2) is 0 Å². The molecule has 0 saturated carbocycles. The van der Waals surface area contributed by atoms with E-state index in [2.05, 4.69) is 28.1 Å². The van der Waals surface area contributed by atoms with Gasteiger partial charge in [-0.15, -0.1) is 0 Å². The van der Waals surface area contributed by atoms with Crippen molar-refractivity contribution in [3.63, 3.8) is 0 Å². The van der Waals surface area contributed by atoms with Gasteiger partial charge < -0.3 is 24.3 Å². The minimum absolute atomic E-state index is 0. The first-order chi connectivity index (χ1) is 9.69. The largest absolute Gasteiger partial charge is 1.00 e. The zero-order valence-corrected chi connectivity index (χ0v) is 17.2. The number of quaternary nitrogens is 1. The van der Waals surface area contributed by atoms with Gasteiger partial charge in [-0.3, -0.25) is 0 Å². The van der Waals surface area contributed by atoms with Gasteiger partial charge in [-0.1, -0.05) is 32.6 Å². The van der Waals surface area contributed by atoms with Crippen LogP contribution in [0.3, 0.4) is 0 Å². The van der Waals surface area contributed by atoms with Crippen molar-refractivity contribution in [1.29, 1.82) is 0 Å². The molecule has 0 bridgehead atoms. The molecule has 0 aliphatic carbocycles. The molecule has 0 N–H and O–H groups in total. The molecule has 6 heteroatoms. The Bertz CT molecular complexity index is 264. The van der Waals surface area contributed by atoms with Crippen LogP contribution >= 0.6 is 0 Å². The molecule has 0 amide bonds. The summed E-state index contributed by atoms with van der Waals surface area (Å²) in [6, 6.07) is 0. The Morgan fingerprint density at radius 1 is 0.773 bits per heavy atom. The third-order valence-corrected chi connectivity index (χ3v) is 2.94. The summed E-state index contributed by atoms with van der Waals surface area (Å²) in [5.74, 6) is -2.45. The van der Waals surface area contributed by atoms with Crippen molar-refractivity contribution in [2.24, 2.45) is 0 Å². The van der Waals surface area contributed by atoms with E-state index in [1.807, 2.05) is 0 Å². The van der Waals surface area contributed by atoms with Crippen LogP contribution in [-0.2, 0) is 9.59 Å². The maximum atomic E-state index is 9.66. The number of nitrogens with zero attached hydrogens (tertiary/aromatic N) is 1. The maximum Gasteiger partial charge on any atom is 1.00 e. The van der Waals surface area contributed by atoms with Crippen molar-refractivity contribution in [2.75, 3.05) is 27.7 Å². The first-order valence-electron chi connectivity index (χ1n) is 7.89. The average molecular weight is 325 g/mol. The van der Waals surface area contributed by atoms with Crippen LogP contribution in [0.15, 0.2) is 0 Å². The molecule has 0 aromatic rings. The molecule has 0 fully saturated rings. The summed E-state index contributed by atoms with van der Waals surface area (Å²) in [5, 5.41) is 19.3. The summed E-state index contributed by atoms with van der Waals surface area (Å²) >= 11 is 0. The van der Waals surface area contributed by atoms with E-state index in [4.69, 9.17) is 0 Å². The Kier molecular flexibility index (Phi) is 21.0. The van der Waals surface area contributed by atoms with E-state index in [9.17, 15) is 19.8 Å². The smallest absolute Gasteiger partial charge is 0.550 e. The Hall–Kier alpha value is -0.100. The summed E-state index contributed by atoms with van der Waals surface area (Å²) in [6.45, 7) is 3.60. The van der Waals surface area contributed by atoms with Crippen molar-refractivity contribution in [3.8, 4) is 0 Å². The maximum absolute atomic E-state index is 9.66. The number of unbranched alkanes of at least 4 members (excludes halogenated alkanes) is 5. The molecule has 0 rings (SSSR count). The number of rotatable bonds is 11. The number of hydrogen-bond donors (Lipinski definition) is 0. The van der Waals surface area contributed by atoms with Crippen molar-refractivity contribution in [1.82, 2.24) is 0 Å². The van der Waals surface area contributed by atoms with Crippen LogP contribution in [0.4, 0.5) is 0 Å². The van der Waals surface area contributed by atoms with Gasteiger partial charge >= 0.3 is 29.6 Å². The molecule has 126 valence electrons. The van der Waals surface area contributed by atoms with Crippen LogP contribution < -0.4 is 39.8 Å². The van der Waals surface area contributed by atoms with E-state index < -0.39 is 11.9 Å². The number of carbonyl (C=O) groups is 2. The normalized spacial score (nSPS) is 10.2. The molecule has 0 atom stereocenters. The van der Waals surface area contributed by atoms with Crippen LogP contribution in [0.1, 0.15) is 64.7 Å². The van der Waals surface area contributed by atoms with Gasteiger partial charge in [0.1, 0.15) is 0 Å². The number of aliphatic carboxylic acids is 2. The molecule has 0 aliphatic heterocycles. The summed E-state index contributed by atoms with van der Waals surface area (Å²) < 4.78 is 1.12. The van der Waals surface area contributed by atoms with E-state index in [0.717, 1.165) is 4.48 Å². The molecule has 22 heavy (non-hydrogen) atoms. The Morgan fingerprint density at radius 2 is 1.18 bits per heavy atom. The van der Waals surface area contributed by atoms with Crippen LogP contribution in [0.5, 0.6) is 0 Å². The predicted octanol–water partition coefficient (Wildman–Crippen LogP) is -2.29. The van der Waals surface area contributed by atoms with Crippen LogP contribution in [0.2, 0.25) is 0 Å². The molecular weight excluding hydrogens is 293 g/mol. The molecule has 0 aromatic heterocycles.